The highest BCUT2D eigenvalue weighted by molar-refractivity contribution is 9.10. The summed E-state index contributed by atoms with van der Waals surface area (Å²) in [5.41, 5.74) is 0.538. The highest BCUT2D eigenvalue weighted by Gasteiger charge is 2.11. The third-order valence-electron chi connectivity index (χ3n) is 1.70. The van der Waals surface area contributed by atoms with Gasteiger partial charge < -0.3 is 15.3 Å². The molecule has 1 atom stereocenters. The van der Waals surface area contributed by atoms with Crippen molar-refractivity contribution in [1.82, 2.24) is 0 Å². The molecular weight excluding hydrogens is 236 g/mol. The zero-order valence-corrected chi connectivity index (χ0v) is 8.74. The van der Waals surface area contributed by atoms with Crippen molar-refractivity contribution in [3.8, 4) is 11.5 Å². The van der Waals surface area contributed by atoms with Crippen LogP contribution in [0.3, 0.4) is 0 Å². The van der Waals surface area contributed by atoms with E-state index < -0.39 is 6.10 Å². The first-order chi connectivity index (χ1) is 6.02. The predicted octanol–water partition coefficient (Wildman–Crippen LogP) is 1.78. The van der Waals surface area contributed by atoms with Gasteiger partial charge in [0, 0.05) is 12.0 Å². The number of hydrogen-bond acceptors (Lipinski definition) is 3. The molecule has 0 aromatic heterocycles. The van der Waals surface area contributed by atoms with Crippen molar-refractivity contribution in [3.05, 3.63) is 22.2 Å². The van der Waals surface area contributed by atoms with Gasteiger partial charge in [0.1, 0.15) is 0 Å². The van der Waals surface area contributed by atoms with Crippen LogP contribution in [-0.2, 0) is 6.42 Å². The number of benzene rings is 1. The molecule has 1 rings (SSSR count). The fraction of sp³-hybridized carbons (Fsp3) is 0.333. The second kappa shape index (κ2) is 3.98. The highest BCUT2D eigenvalue weighted by atomic mass is 79.9. The van der Waals surface area contributed by atoms with Gasteiger partial charge in [0.15, 0.2) is 11.5 Å². The smallest absolute Gasteiger partial charge is 0.172 e. The summed E-state index contributed by atoms with van der Waals surface area (Å²) in [7, 11) is 0. The van der Waals surface area contributed by atoms with E-state index in [1.54, 1.807) is 19.1 Å². The number of aliphatic hydroxyl groups excluding tert-OH is 1. The Morgan fingerprint density at radius 1 is 1.31 bits per heavy atom. The second-order valence-corrected chi connectivity index (χ2v) is 3.81. The van der Waals surface area contributed by atoms with Crippen LogP contribution in [0.4, 0.5) is 0 Å². The van der Waals surface area contributed by atoms with Crippen molar-refractivity contribution in [3.63, 3.8) is 0 Å². The fourth-order valence-electron chi connectivity index (χ4n) is 1.08. The summed E-state index contributed by atoms with van der Waals surface area (Å²) in [6.07, 6.45) is -0.210. The van der Waals surface area contributed by atoms with Gasteiger partial charge in [-0.25, -0.2) is 0 Å². The van der Waals surface area contributed by atoms with Gasteiger partial charge in [0.25, 0.3) is 0 Å². The lowest BCUT2D eigenvalue weighted by molar-refractivity contribution is 0.194. The number of hydrogen-bond donors (Lipinski definition) is 3. The van der Waals surface area contributed by atoms with Crippen LogP contribution in [0.1, 0.15) is 12.5 Å². The molecule has 0 spiro atoms. The first-order valence-electron chi connectivity index (χ1n) is 3.89. The number of phenolic OH excluding ortho intramolecular Hbond substituents is 2. The average molecular weight is 247 g/mol. The van der Waals surface area contributed by atoms with Crippen molar-refractivity contribution < 1.29 is 15.3 Å². The van der Waals surface area contributed by atoms with Crippen LogP contribution < -0.4 is 0 Å². The molecule has 1 aromatic rings. The molecule has 0 heterocycles. The molecule has 0 saturated heterocycles. The molecule has 0 saturated carbocycles. The first kappa shape index (κ1) is 10.3. The lowest BCUT2D eigenvalue weighted by atomic mass is 10.1. The van der Waals surface area contributed by atoms with Gasteiger partial charge >= 0.3 is 0 Å². The Morgan fingerprint density at radius 3 is 2.46 bits per heavy atom. The molecule has 1 aromatic carbocycles. The summed E-state index contributed by atoms with van der Waals surface area (Å²) in [6, 6.07) is 3.29. The molecule has 4 heteroatoms. The van der Waals surface area contributed by atoms with Crippen molar-refractivity contribution in [1.29, 1.82) is 0 Å². The molecule has 1 unspecified atom stereocenters. The molecule has 0 aliphatic carbocycles. The Morgan fingerprint density at radius 2 is 1.92 bits per heavy atom. The maximum Gasteiger partial charge on any atom is 0.172 e. The summed E-state index contributed by atoms with van der Waals surface area (Å²) in [6.45, 7) is 1.62. The molecule has 3 nitrogen and oxygen atoms in total. The van der Waals surface area contributed by atoms with Crippen LogP contribution in [0.25, 0.3) is 0 Å². The lowest BCUT2D eigenvalue weighted by Gasteiger charge is -2.08. The zero-order valence-electron chi connectivity index (χ0n) is 7.16. The summed E-state index contributed by atoms with van der Waals surface area (Å²) >= 11 is 3.07. The molecule has 0 radical (unpaired) electrons. The predicted molar refractivity (Wildman–Crippen MR) is 52.9 cm³/mol. The number of aliphatic hydroxyl groups is 1. The van der Waals surface area contributed by atoms with Crippen molar-refractivity contribution in [2.75, 3.05) is 0 Å². The second-order valence-electron chi connectivity index (χ2n) is 2.96. The molecule has 72 valence electrons. The van der Waals surface area contributed by atoms with Crippen molar-refractivity contribution >= 4 is 15.9 Å². The SMILES string of the molecule is CC(O)Cc1ccc(Br)c(O)c1O. The third kappa shape index (κ3) is 2.35. The maximum atomic E-state index is 9.44. The largest absolute Gasteiger partial charge is 0.504 e. The zero-order chi connectivity index (χ0) is 10.0. The summed E-state index contributed by atoms with van der Waals surface area (Å²) in [5.74, 6) is -0.353. The molecule has 0 bridgehead atoms. The molecule has 3 N–H and O–H groups in total. The molecule has 0 fully saturated rings. The quantitative estimate of drug-likeness (QED) is 0.698. The summed E-state index contributed by atoms with van der Waals surface area (Å²) < 4.78 is 0.444. The van der Waals surface area contributed by atoms with E-state index in [9.17, 15) is 10.2 Å². The topological polar surface area (TPSA) is 60.7 Å². The minimum atomic E-state index is -0.536. The van der Waals surface area contributed by atoms with Gasteiger partial charge in [-0.05, 0) is 28.9 Å². The minimum Gasteiger partial charge on any atom is -0.504 e. The normalized spacial score (nSPS) is 12.8. The molecule has 0 amide bonds. The highest BCUT2D eigenvalue weighted by Crippen LogP contribution is 2.36. The minimum absolute atomic E-state index is 0.171. The van der Waals surface area contributed by atoms with Gasteiger partial charge in [-0.15, -0.1) is 0 Å². The Balaban J connectivity index is 3.04. The average Bonchev–Trinajstić information content (AvgIpc) is 2.06. The van der Waals surface area contributed by atoms with Crippen LogP contribution in [0.5, 0.6) is 11.5 Å². The standard InChI is InChI=1S/C9H11BrO3/c1-5(11)4-6-2-3-7(10)9(13)8(6)12/h2-3,5,11-13H,4H2,1H3. The summed E-state index contributed by atoms with van der Waals surface area (Å²) in [5, 5.41) is 27.8. The molecule has 13 heavy (non-hydrogen) atoms. The van der Waals surface area contributed by atoms with Gasteiger partial charge in [0.05, 0.1) is 10.6 Å². The van der Waals surface area contributed by atoms with Crippen molar-refractivity contribution in [2.45, 2.75) is 19.4 Å². The van der Waals surface area contributed by atoms with Crippen LogP contribution in [0, 0.1) is 0 Å². The van der Waals surface area contributed by atoms with E-state index >= 15 is 0 Å². The van der Waals surface area contributed by atoms with E-state index in [2.05, 4.69) is 15.9 Å². The van der Waals surface area contributed by atoms with Gasteiger partial charge in [-0.3, -0.25) is 0 Å². The van der Waals surface area contributed by atoms with Gasteiger partial charge in [0.2, 0.25) is 0 Å². The molecule has 0 aliphatic rings. The summed E-state index contributed by atoms with van der Waals surface area (Å²) in [4.78, 5) is 0. The number of halogens is 1. The Labute approximate surface area is 84.8 Å². The van der Waals surface area contributed by atoms with E-state index in [1.165, 1.54) is 0 Å². The van der Waals surface area contributed by atoms with E-state index in [0.717, 1.165) is 0 Å². The molecular formula is C9H11BrO3. The van der Waals surface area contributed by atoms with Gasteiger partial charge in [-0.1, -0.05) is 6.07 Å². The van der Waals surface area contributed by atoms with E-state index in [-0.39, 0.29) is 11.5 Å². The van der Waals surface area contributed by atoms with Crippen LogP contribution >= 0.6 is 15.9 Å². The number of rotatable bonds is 2. The lowest BCUT2D eigenvalue weighted by Crippen LogP contribution is -2.04. The van der Waals surface area contributed by atoms with Gasteiger partial charge in [-0.2, -0.15) is 0 Å². The maximum absolute atomic E-state index is 9.44. The Hall–Kier alpha value is -0.740. The Kier molecular flexibility index (Phi) is 3.17. The number of aromatic hydroxyl groups is 2. The Bertz CT molecular complexity index is 310. The monoisotopic (exact) mass is 246 g/mol. The van der Waals surface area contributed by atoms with Crippen molar-refractivity contribution in [2.24, 2.45) is 0 Å². The fourth-order valence-corrected chi connectivity index (χ4v) is 1.40. The molecule has 0 aliphatic heterocycles. The van der Waals surface area contributed by atoms with Crippen LogP contribution in [0.2, 0.25) is 0 Å². The van der Waals surface area contributed by atoms with E-state index in [0.29, 0.717) is 16.5 Å². The number of phenols is 2. The van der Waals surface area contributed by atoms with E-state index in [1.807, 2.05) is 0 Å². The van der Waals surface area contributed by atoms with Crippen LogP contribution in [-0.4, -0.2) is 21.4 Å². The van der Waals surface area contributed by atoms with E-state index in [4.69, 9.17) is 5.11 Å². The van der Waals surface area contributed by atoms with Crippen LogP contribution in [0.15, 0.2) is 16.6 Å². The third-order valence-corrected chi connectivity index (χ3v) is 2.34. The first-order valence-corrected chi connectivity index (χ1v) is 4.69.